The van der Waals surface area contributed by atoms with Crippen molar-refractivity contribution in [2.75, 3.05) is 11.4 Å². The van der Waals surface area contributed by atoms with Gasteiger partial charge < -0.3 is 15.8 Å². The van der Waals surface area contributed by atoms with E-state index >= 15 is 0 Å². The molecule has 0 fully saturated rings. The molecule has 0 spiro atoms. The van der Waals surface area contributed by atoms with Gasteiger partial charge in [-0.05, 0) is 42.7 Å². The molecule has 4 heteroatoms. The van der Waals surface area contributed by atoms with Gasteiger partial charge in [-0.25, -0.2) is 0 Å². The van der Waals surface area contributed by atoms with Gasteiger partial charge in [0.2, 0.25) is 0 Å². The molecule has 0 bridgehead atoms. The van der Waals surface area contributed by atoms with E-state index in [0.717, 1.165) is 29.8 Å². The molecule has 0 aliphatic carbocycles. The Balaban J connectivity index is 2.14. The molecule has 1 aliphatic rings. The average Bonchev–Trinajstić information content (AvgIpc) is 2.90. The summed E-state index contributed by atoms with van der Waals surface area (Å²) in [6, 6.07) is 14.3. The maximum Gasteiger partial charge on any atom is 0.172 e. The van der Waals surface area contributed by atoms with Crippen LogP contribution in [-0.2, 0) is 6.42 Å². The lowest BCUT2D eigenvalue weighted by atomic mass is 10.1. The van der Waals surface area contributed by atoms with E-state index in [1.54, 1.807) is 0 Å². The van der Waals surface area contributed by atoms with E-state index in [1.165, 1.54) is 11.3 Å². The maximum atomic E-state index is 8.96. The smallest absolute Gasteiger partial charge is 0.172 e. The summed E-state index contributed by atoms with van der Waals surface area (Å²) in [4.78, 5) is 2.23. The molecule has 0 radical (unpaired) electrons. The summed E-state index contributed by atoms with van der Waals surface area (Å²) in [7, 11) is 0. The first-order chi connectivity index (χ1) is 9.70. The fourth-order valence-corrected chi connectivity index (χ4v) is 2.72. The van der Waals surface area contributed by atoms with E-state index < -0.39 is 0 Å². The minimum absolute atomic E-state index is 0.143. The zero-order valence-corrected chi connectivity index (χ0v) is 11.4. The Morgan fingerprint density at radius 3 is 2.80 bits per heavy atom. The molecule has 2 aromatic carbocycles. The predicted molar refractivity (Wildman–Crippen MR) is 80.8 cm³/mol. The van der Waals surface area contributed by atoms with Crippen molar-refractivity contribution in [1.82, 2.24) is 0 Å². The Labute approximate surface area is 118 Å². The van der Waals surface area contributed by atoms with Gasteiger partial charge in [-0.1, -0.05) is 29.4 Å². The van der Waals surface area contributed by atoms with Crippen LogP contribution in [0.2, 0.25) is 0 Å². The largest absolute Gasteiger partial charge is 0.409 e. The van der Waals surface area contributed by atoms with E-state index in [2.05, 4.69) is 34.3 Å². The summed E-state index contributed by atoms with van der Waals surface area (Å²) in [5.41, 5.74) is 11.2. The van der Waals surface area contributed by atoms with Crippen LogP contribution in [-0.4, -0.2) is 17.6 Å². The van der Waals surface area contributed by atoms with Crippen LogP contribution < -0.4 is 10.6 Å². The zero-order chi connectivity index (χ0) is 14.1. The molecule has 102 valence electrons. The number of amidine groups is 1. The van der Waals surface area contributed by atoms with Crippen LogP contribution in [0.5, 0.6) is 0 Å². The summed E-state index contributed by atoms with van der Waals surface area (Å²) in [6.45, 7) is 2.95. The van der Waals surface area contributed by atoms with Crippen LogP contribution in [0.1, 0.15) is 16.7 Å². The van der Waals surface area contributed by atoms with Gasteiger partial charge in [-0.2, -0.15) is 0 Å². The normalized spacial score (nSPS) is 14.4. The highest BCUT2D eigenvalue weighted by Gasteiger charge is 2.23. The van der Waals surface area contributed by atoms with Crippen LogP contribution in [0.4, 0.5) is 11.4 Å². The molecule has 0 saturated carbocycles. The van der Waals surface area contributed by atoms with Crippen molar-refractivity contribution in [2.24, 2.45) is 10.9 Å². The minimum atomic E-state index is 0.143. The summed E-state index contributed by atoms with van der Waals surface area (Å²) in [5.74, 6) is 0.143. The average molecular weight is 267 g/mol. The standard InChI is InChI=1S/C16H17N3O/c1-11-6-7-13(16(17)18-20)15(10-11)19-9-8-12-4-2-3-5-14(12)19/h2-7,10,20H,8-9H2,1H3,(H2,17,18). The topological polar surface area (TPSA) is 61.9 Å². The van der Waals surface area contributed by atoms with Gasteiger partial charge in [-0.3, -0.25) is 0 Å². The molecule has 3 rings (SSSR count). The predicted octanol–water partition coefficient (Wildman–Crippen LogP) is 2.78. The number of para-hydroxylation sites is 1. The second kappa shape index (κ2) is 4.89. The van der Waals surface area contributed by atoms with Gasteiger partial charge in [0.15, 0.2) is 5.84 Å². The lowest BCUT2D eigenvalue weighted by Gasteiger charge is -2.23. The van der Waals surface area contributed by atoms with Crippen LogP contribution in [0.25, 0.3) is 0 Å². The maximum absolute atomic E-state index is 8.96. The van der Waals surface area contributed by atoms with Crippen molar-refractivity contribution in [3.05, 3.63) is 59.2 Å². The quantitative estimate of drug-likeness (QED) is 0.380. The van der Waals surface area contributed by atoms with Crippen molar-refractivity contribution >= 4 is 17.2 Å². The van der Waals surface area contributed by atoms with Crippen molar-refractivity contribution in [2.45, 2.75) is 13.3 Å². The van der Waals surface area contributed by atoms with E-state index in [0.29, 0.717) is 0 Å². The lowest BCUT2D eigenvalue weighted by Crippen LogP contribution is -2.21. The Hall–Kier alpha value is -2.49. The number of nitrogens with zero attached hydrogens (tertiary/aromatic N) is 2. The number of hydrogen-bond donors (Lipinski definition) is 2. The fraction of sp³-hybridized carbons (Fsp3) is 0.188. The van der Waals surface area contributed by atoms with Crippen LogP contribution in [0.3, 0.4) is 0 Å². The van der Waals surface area contributed by atoms with Gasteiger partial charge in [0.05, 0.1) is 5.69 Å². The first kappa shape index (κ1) is 12.5. The highest BCUT2D eigenvalue weighted by molar-refractivity contribution is 6.03. The summed E-state index contributed by atoms with van der Waals surface area (Å²) < 4.78 is 0. The van der Waals surface area contributed by atoms with Crippen molar-refractivity contribution in [1.29, 1.82) is 0 Å². The first-order valence-corrected chi connectivity index (χ1v) is 6.64. The first-order valence-electron chi connectivity index (χ1n) is 6.64. The lowest BCUT2D eigenvalue weighted by molar-refractivity contribution is 0.318. The van der Waals surface area contributed by atoms with Gasteiger partial charge in [0.1, 0.15) is 0 Å². The summed E-state index contributed by atoms with van der Waals surface area (Å²) in [5, 5.41) is 12.1. The number of anilines is 2. The third-order valence-electron chi connectivity index (χ3n) is 3.71. The second-order valence-corrected chi connectivity index (χ2v) is 5.04. The molecule has 20 heavy (non-hydrogen) atoms. The number of benzene rings is 2. The van der Waals surface area contributed by atoms with E-state index in [9.17, 15) is 0 Å². The van der Waals surface area contributed by atoms with Crippen molar-refractivity contribution in [3.63, 3.8) is 0 Å². The van der Waals surface area contributed by atoms with E-state index in [4.69, 9.17) is 10.9 Å². The molecular weight excluding hydrogens is 250 g/mol. The molecule has 0 unspecified atom stereocenters. The molecule has 1 aliphatic heterocycles. The third-order valence-corrected chi connectivity index (χ3v) is 3.71. The van der Waals surface area contributed by atoms with Crippen LogP contribution in [0, 0.1) is 6.92 Å². The van der Waals surface area contributed by atoms with Crippen molar-refractivity contribution in [3.8, 4) is 0 Å². The van der Waals surface area contributed by atoms with E-state index in [1.807, 2.05) is 25.1 Å². The Morgan fingerprint density at radius 2 is 2.00 bits per heavy atom. The molecule has 0 amide bonds. The highest BCUT2D eigenvalue weighted by Crippen LogP contribution is 2.36. The SMILES string of the molecule is Cc1ccc(C(N)=NO)c(N2CCc3ccccc32)c1. The molecule has 1 heterocycles. The number of fused-ring (bicyclic) bond motifs is 1. The number of aryl methyl sites for hydroxylation is 1. The van der Waals surface area contributed by atoms with Crippen LogP contribution in [0.15, 0.2) is 47.6 Å². The Bertz CT molecular complexity index is 679. The van der Waals surface area contributed by atoms with E-state index in [-0.39, 0.29) is 5.84 Å². The fourth-order valence-electron chi connectivity index (χ4n) is 2.72. The Kier molecular flexibility index (Phi) is 3.06. The molecule has 4 nitrogen and oxygen atoms in total. The minimum Gasteiger partial charge on any atom is -0.409 e. The molecule has 0 atom stereocenters. The van der Waals surface area contributed by atoms with Crippen LogP contribution >= 0.6 is 0 Å². The van der Waals surface area contributed by atoms with Gasteiger partial charge >= 0.3 is 0 Å². The number of nitrogens with two attached hydrogens (primary N) is 1. The van der Waals surface area contributed by atoms with Crippen molar-refractivity contribution < 1.29 is 5.21 Å². The molecule has 2 aromatic rings. The molecule has 0 saturated heterocycles. The zero-order valence-electron chi connectivity index (χ0n) is 11.4. The van der Waals surface area contributed by atoms with Gasteiger partial charge in [-0.15, -0.1) is 0 Å². The molecule has 3 N–H and O–H groups in total. The van der Waals surface area contributed by atoms with Gasteiger partial charge in [0, 0.05) is 17.8 Å². The number of rotatable bonds is 2. The number of hydrogen-bond acceptors (Lipinski definition) is 3. The third kappa shape index (κ3) is 1.99. The highest BCUT2D eigenvalue weighted by atomic mass is 16.4. The summed E-state index contributed by atoms with van der Waals surface area (Å²) >= 11 is 0. The molecule has 0 aromatic heterocycles. The summed E-state index contributed by atoms with van der Waals surface area (Å²) in [6.07, 6.45) is 1.01. The number of oxime groups is 1. The second-order valence-electron chi connectivity index (χ2n) is 5.04. The van der Waals surface area contributed by atoms with Gasteiger partial charge in [0.25, 0.3) is 0 Å². The molecular formula is C16H17N3O. The monoisotopic (exact) mass is 267 g/mol. The Morgan fingerprint density at radius 1 is 1.20 bits per heavy atom.